The van der Waals surface area contributed by atoms with Crippen molar-refractivity contribution in [1.29, 1.82) is 0 Å². The van der Waals surface area contributed by atoms with Crippen molar-refractivity contribution < 1.29 is 66.2 Å². The second-order valence-electron chi connectivity index (χ2n) is 12.2. The molecule has 1 aromatic carbocycles. The molecule has 0 bridgehead atoms. The molecule has 9 N–H and O–H groups in total. The predicted molar refractivity (Wildman–Crippen MR) is 181 cm³/mol. The first-order valence-corrected chi connectivity index (χ1v) is 19.1. The van der Waals surface area contributed by atoms with Gasteiger partial charge in [0.1, 0.15) is 48.8 Å². The van der Waals surface area contributed by atoms with E-state index >= 15 is 0 Å². The first kappa shape index (κ1) is 38.9. The summed E-state index contributed by atoms with van der Waals surface area (Å²) in [5, 5.41) is 24.6. The highest BCUT2D eigenvalue weighted by atomic mass is 31.2. The average molecular weight is 815 g/mol. The minimum absolute atomic E-state index is 0.0742. The molecule has 9 atom stereocenters. The van der Waals surface area contributed by atoms with Gasteiger partial charge >= 0.3 is 15.6 Å². The lowest BCUT2D eigenvalue weighted by Crippen LogP contribution is -2.38. The molecular formula is C28H33FN10O14P2. The van der Waals surface area contributed by atoms with E-state index in [2.05, 4.69) is 39.7 Å². The molecule has 5 aromatic rings. The number of aromatic amines is 1. The molecule has 296 valence electrons. The number of H-pyrrole nitrogens is 1. The van der Waals surface area contributed by atoms with Crippen LogP contribution >= 0.6 is 15.6 Å². The van der Waals surface area contributed by atoms with Crippen LogP contribution < -0.4 is 16.6 Å². The van der Waals surface area contributed by atoms with Crippen molar-refractivity contribution in [3.8, 4) is 0 Å². The second-order valence-corrected chi connectivity index (χ2v) is 14.9. The largest absolute Gasteiger partial charge is 0.472 e. The molecule has 2 aliphatic heterocycles. The van der Waals surface area contributed by atoms with Crippen LogP contribution in [-0.2, 0) is 43.5 Å². The van der Waals surface area contributed by atoms with Crippen molar-refractivity contribution in [2.75, 3.05) is 31.4 Å². The SMILES string of the molecule is COC1C(OP(=O)(O)OCC2OC(n3cnc4c(=O)[nH]c(N)nc43)C(O)C2O)C(COP(=O)(O)O)OC1n1cnc2c(NCc3ccc(F)cc3)ncnc21. The number of halogens is 1. The number of rotatable bonds is 14. The van der Waals surface area contributed by atoms with Gasteiger partial charge in [0.05, 0.1) is 25.9 Å². The summed E-state index contributed by atoms with van der Waals surface area (Å²) in [5.41, 5.74) is 5.95. The maximum atomic E-state index is 13.4. The Bertz CT molecular complexity index is 2330. The Balaban J connectivity index is 1.08. The molecule has 0 saturated carbocycles. The second kappa shape index (κ2) is 15.3. The monoisotopic (exact) mass is 814 g/mol. The first-order chi connectivity index (χ1) is 26.1. The number of aliphatic hydroxyl groups is 2. The lowest BCUT2D eigenvalue weighted by molar-refractivity contribution is -0.0582. The number of aromatic nitrogens is 8. The van der Waals surface area contributed by atoms with Gasteiger partial charge in [-0.05, 0) is 17.7 Å². The number of nitrogens with two attached hydrogens (primary N) is 1. The van der Waals surface area contributed by atoms with Gasteiger partial charge in [-0.2, -0.15) is 4.98 Å². The Kier molecular flexibility index (Phi) is 10.8. The standard InChI is InChI=1S/C28H33FN10O14P2/c1-48-21-20(53-55(46,47)50-7-14-18(40)19(41)26(51-14)39-11-35-17-24(39)36-28(30)37-25(17)42)15(8-49-54(43,44)45)52-27(21)38-10-34-16-22(32-9-33-23(16)38)31-6-12-2-4-13(29)5-3-12/h2-5,9-11,14-15,18-21,26-27,40-41H,6-8H2,1H3,(H,46,47)(H,31,32,33)(H2,43,44,45)(H3,30,36,37,42). The van der Waals surface area contributed by atoms with Crippen LogP contribution in [0.5, 0.6) is 0 Å². The van der Waals surface area contributed by atoms with Gasteiger partial charge in [-0.3, -0.25) is 32.5 Å². The van der Waals surface area contributed by atoms with E-state index in [0.717, 1.165) is 16.5 Å². The van der Waals surface area contributed by atoms with E-state index in [0.29, 0.717) is 5.82 Å². The van der Waals surface area contributed by atoms with Gasteiger partial charge in [-0.15, -0.1) is 0 Å². The summed E-state index contributed by atoms with van der Waals surface area (Å²) >= 11 is 0. The molecule has 7 rings (SSSR count). The maximum absolute atomic E-state index is 13.4. The van der Waals surface area contributed by atoms with Crippen molar-refractivity contribution in [3.05, 3.63) is 65.0 Å². The molecular weight excluding hydrogens is 781 g/mol. The summed E-state index contributed by atoms with van der Waals surface area (Å²) in [6.07, 6.45) is -8.14. The van der Waals surface area contributed by atoms with Crippen LogP contribution in [0.25, 0.3) is 22.3 Å². The molecule has 24 nitrogen and oxygen atoms in total. The molecule has 0 radical (unpaired) electrons. The highest BCUT2D eigenvalue weighted by molar-refractivity contribution is 7.47. The van der Waals surface area contributed by atoms with Crippen LogP contribution in [0.1, 0.15) is 18.0 Å². The van der Waals surface area contributed by atoms with Crippen molar-refractivity contribution in [1.82, 2.24) is 39.0 Å². The zero-order chi connectivity index (χ0) is 39.2. The zero-order valence-electron chi connectivity index (χ0n) is 28.2. The number of phosphoric ester groups is 2. The van der Waals surface area contributed by atoms with Gasteiger partial charge in [0, 0.05) is 13.7 Å². The van der Waals surface area contributed by atoms with Gasteiger partial charge in [0.2, 0.25) is 5.95 Å². The number of phosphoric acid groups is 2. The Morgan fingerprint density at radius 2 is 1.58 bits per heavy atom. The van der Waals surface area contributed by atoms with E-state index in [-0.39, 0.29) is 34.8 Å². The number of aliphatic hydroxyl groups excluding tert-OH is 2. The molecule has 0 spiro atoms. The molecule has 9 unspecified atom stereocenters. The fourth-order valence-corrected chi connectivity index (χ4v) is 7.45. The van der Waals surface area contributed by atoms with E-state index in [9.17, 15) is 43.2 Å². The van der Waals surface area contributed by atoms with Crippen LogP contribution in [0.3, 0.4) is 0 Å². The van der Waals surface area contributed by atoms with Gasteiger partial charge in [-0.1, -0.05) is 12.1 Å². The number of anilines is 2. The molecule has 4 aromatic heterocycles. The quantitative estimate of drug-likeness (QED) is 0.0651. The van der Waals surface area contributed by atoms with Crippen molar-refractivity contribution in [3.63, 3.8) is 0 Å². The third-order valence-corrected chi connectivity index (χ3v) is 10.2. The molecule has 2 saturated heterocycles. The van der Waals surface area contributed by atoms with Crippen molar-refractivity contribution >= 4 is 49.7 Å². The lowest BCUT2D eigenvalue weighted by Gasteiger charge is -2.26. The minimum Gasteiger partial charge on any atom is -0.387 e. The number of imidazole rings is 2. The number of methoxy groups -OCH3 is 1. The summed E-state index contributed by atoms with van der Waals surface area (Å²) in [7, 11) is -9.05. The van der Waals surface area contributed by atoms with E-state index in [1.807, 2.05) is 0 Å². The number of hydrogen-bond donors (Lipinski definition) is 8. The number of nitrogens with one attached hydrogen (secondary N) is 2. The van der Waals surface area contributed by atoms with Crippen LogP contribution in [0.2, 0.25) is 0 Å². The maximum Gasteiger partial charge on any atom is 0.472 e. The third-order valence-electron chi connectivity index (χ3n) is 8.69. The Morgan fingerprint density at radius 3 is 2.29 bits per heavy atom. The summed E-state index contributed by atoms with van der Waals surface area (Å²) in [6.45, 7) is -1.43. The molecule has 55 heavy (non-hydrogen) atoms. The van der Waals surface area contributed by atoms with Gasteiger partial charge < -0.3 is 50.2 Å². The number of hydrogen-bond acceptors (Lipinski definition) is 18. The molecule has 2 fully saturated rings. The normalized spacial score (nSPS) is 26.9. The summed E-state index contributed by atoms with van der Waals surface area (Å²) in [5.74, 6) is -0.356. The van der Waals surface area contributed by atoms with Gasteiger partial charge in [0.25, 0.3) is 5.56 Å². The van der Waals surface area contributed by atoms with Crippen LogP contribution in [0.15, 0.2) is 48.0 Å². The van der Waals surface area contributed by atoms with Crippen molar-refractivity contribution in [2.45, 2.75) is 55.6 Å². The number of nitrogens with zero attached hydrogens (tertiary/aromatic N) is 7. The van der Waals surface area contributed by atoms with E-state index in [1.54, 1.807) is 12.1 Å². The number of ether oxygens (including phenoxy) is 3. The Labute approximate surface area is 306 Å². The van der Waals surface area contributed by atoms with Gasteiger partial charge in [-0.25, -0.2) is 33.5 Å². The lowest BCUT2D eigenvalue weighted by atomic mass is 10.1. The topological polar surface area (TPSA) is 336 Å². The van der Waals surface area contributed by atoms with Crippen LogP contribution in [-0.4, -0.2) is 121 Å². The fourth-order valence-electron chi connectivity index (χ4n) is 6.15. The third kappa shape index (κ3) is 8.15. The van der Waals surface area contributed by atoms with Crippen molar-refractivity contribution in [2.24, 2.45) is 0 Å². The van der Waals surface area contributed by atoms with Crippen LogP contribution in [0.4, 0.5) is 16.2 Å². The smallest absolute Gasteiger partial charge is 0.387 e. The Hall–Kier alpha value is -4.33. The number of benzene rings is 1. The van der Waals surface area contributed by atoms with Crippen LogP contribution in [0, 0.1) is 5.82 Å². The minimum atomic E-state index is -5.19. The number of nitrogen functional groups attached to an aromatic ring is 1. The molecule has 6 heterocycles. The summed E-state index contributed by atoms with van der Waals surface area (Å²) < 4.78 is 73.5. The highest BCUT2D eigenvalue weighted by Gasteiger charge is 2.52. The average Bonchev–Trinajstić information content (AvgIpc) is 3.90. The molecule has 0 aliphatic carbocycles. The summed E-state index contributed by atoms with van der Waals surface area (Å²) in [6, 6.07) is 5.79. The van der Waals surface area contributed by atoms with E-state index in [1.165, 1.54) is 36.5 Å². The Morgan fingerprint density at radius 1 is 0.909 bits per heavy atom. The summed E-state index contributed by atoms with van der Waals surface area (Å²) in [4.78, 5) is 64.9. The number of fused-ring (bicyclic) bond motifs is 2. The fraction of sp³-hybridized carbons (Fsp3) is 0.429. The molecule has 27 heteroatoms. The van der Waals surface area contributed by atoms with E-state index in [4.69, 9.17) is 29.0 Å². The van der Waals surface area contributed by atoms with E-state index < -0.39 is 89.3 Å². The zero-order valence-corrected chi connectivity index (χ0v) is 30.0. The van der Waals surface area contributed by atoms with Gasteiger partial charge in [0.15, 0.2) is 40.6 Å². The predicted octanol–water partition coefficient (Wildman–Crippen LogP) is -0.564. The molecule has 2 aliphatic rings. The highest BCUT2D eigenvalue weighted by Crippen LogP contribution is 2.50. The molecule has 0 amide bonds. The first-order valence-electron chi connectivity index (χ1n) is 16.1.